The Bertz CT molecular complexity index is 671. The zero-order chi connectivity index (χ0) is 17.1. The van der Waals surface area contributed by atoms with Gasteiger partial charge in [-0.05, 0) is 29.8 Å². The quantitative estimate of drug-likeness (QED) is 0.671. The molecule has 0 bridgehead atoms. The van der Waals surface area contributed by atoms with E-state index < -0.39 is 29.7 Å². The van der Waals surface area contributed by atoms with E-state index in [9.17, 15) is 23.1 Å². The van der Waals surface area contributed by atoms with Gasteiger partial charge in [0.05, 0.1) is 6.42 Å². The van der Waals surface area contributed by atoms with Gasteiger partial charge < -0.3 is 9.84 Å². The third-order valence-corrected chi connectivity index (χ3v) is 3.42. The van der Waals surface area contributed by atoms with Crippen LogP contribution in [0.15, 0.2) is 54.6 Å². The molecule has 0 aromatic heterocycles. The number of esters is 1. The summed E-state index contributed by atoms with van der Waals surface area (Å²) in [4.78, 5) is 11.8. The Morgan fingerprint density at radius 3 is 2.13 bits per heavy atom. The van der Waals surface area contributed by atoms with Crippen molar-refractivity contribution in [2.24, 2.45) is 0 Å². The Labute approximate surface area is 135 Å². The van der Waals surface area contributed by atoms with Crippen LogP contribution in [0, 0.1) is 0 Å². The van der Waals surface area contributed by atoms with Crippen molar-refractivity contribution >= 4 is 17.6 Å². The van der Waals surface area contributed by atoms with Gasteiger partial charge in [-0.3, -0.25) is 4.79 Å². The molecule has 23 heavy (non-hydrogen) atoms. The van der Waals surface area contributed by atoms with Gasteiger partial charge in [-0.15, -0.1) is 0 Å². The maximum atomic E-state index is 13.3. The molecule has 3 nitrogen and oxygen atoms in total. The molecule has 0 aliphatic heterocycles. The van der Waals surface area contributed by atoms with E-state index in [1.165, 1.54) is 24.3 Å². The molecule has 0 spiro atoms. The summed E-state index contributed by atoms with van der Waals surface area (Å²) in [5.41, 5.74) is -3.84. The molecule has 2 aromatic carbocycles. The van der Waals surface area contributed by atoms with E-state index in [2.05, 4.69) is 0 Å². The average molecular weight is 345 g/mol. The molecular formula is C16H12ClF3O3. The number of halogens is 4. The number of para-hydroxylation sites is 1. The van der Waals surface area contributed by atoms with E-state index in [0.29, 0.717) is 0 Å². The lowest BCUT2D eigenvalue weighted by molar-refractivity contribution is -0.268. The monoisotopic (exact) mass is 344 g/mol. The number of aliphatic hydroxyl groups is 1. The van der Waals surface area contributed by atoms with Gasteiger partial charge >= 0.3 is 12.1 Å². The highest BCUT2D eigenvalue weighted by Gasteiger charge is 2.56. The minimum atomic E-state index is -5.06. The van der Waals surface area contributed by atoms with Crippen molar-refractivity contribution in [3.05, 3.63) is 65.2 Å². The Hall–Kier alpha value is -2.05. The molecule has 0 saturated heterocycles. The van der Waals surface area contributed by atoms with Gasteiger partial charge in [0.25, 0.3) is 0 Å². The Morgan fingerprint density at radius 1 is 1.04 bits per heavy atom. The Balaban J connectivity index is 2.25. The molecule has 0 aliphatic rings. The second-order valence-electron chi connectivity index (χ2n) is 4.83. The molecule has 0 amide bonds. The smallest absolute Gasteiger partial charge is 0.422 e. The largest absolute Gasteiger partial charge is 0.426 e. The summed E-state index contributed by atoms with van der Waals surface area (Å²) in [6, 6.07) is 12.1. The molecule has 2 rings (SSSR count). The van der Waals surface area contributed by atoms with E-state index in [-0.39, 0.29) is 10.8 Å². The first kappa shape index (κ1) is 17.3. The van der Waals surface area contributed by atoms with Crippen LogP contribution < -0.4 is 4.74 Å². The average Bonchev–Trinajstić information content (AvgIpc) is 2.47. The van der Waals surface area contributed by atoms with Gasteiger partial charge in [0.1, 0.15) is 5.75 Å². The zero-order valence-corrected chi connectivity index (χ0v) is 12.4. The highest BCUT2D eigenvalue weighted by Crippen LogP contribution is 2.42. The fourth-order valence-corrected chi connectivity index (χ4v) is 2.08. The number of ether oxygens (including phenoxy) is 1. The summed E-state index contributed by atoms with van der Waals surface area (Å²) in [7, 11) is 0. The highest BCUT2D eigenvalue weighted by atomic mass is 35.5. The number of rotatable bonds is 4. The van der Waals surface area contributed by atoms with Crippen LogP contribution >= 0.6 is 11.6 Å². The molecule has 0 aliphatic carbocycles. The van der Waals surface area contributed by atoms with Crippen LogP contribution in [0.25, 0.3) is 0 Å². The topological polar surface area (TPSA) is 46.5 Å². The van der Waals surface area contributed by atoms with E-state index in [4.69, 9.17) is 16.3 Å². The second kappa shape index (κ2) is 6.60. The summed E-state index contributed by atoms with van der Waals surface area (Å²) in [6.45, 7) is 0. The molecule has 1 N–H and O–H groups in total. The molecule has 0 fully saturated rings. The van der Waals surface area contributed by atoms with Crippen molar-refractivity contribution in [2.45, 2.75) is 18.2 Å². The highest BCUT2D eigenvalue weighted by molar-refractivity contribution is 6.30. The van der Waals surface area contributed by atoms with Crippen LogP contribution in [0.2, 0.25) is 5.02 Å². The van der Waals surface area contributed by atoms with Crippen LogP contribution in [0.5, 0.6) is 5.75 Å². The minimum Gasteiger partial charge on any atom is -0.426 e. The van der Waals surface area contributed by atoms with Crippen LogP contribution in [0.4, 0.5) is 13.2 Å². The molecule has 0 radical (unpaired) electrons. The molecular weight excluding hydrogens is 333 g/mol. The van der Waals surface area contributed by atoms with Crippen molar-refractivity contribution in [1.29, 1.82) is 0 Å². The van der Waals surface area contributed by atoms with Crippen LogP contribution in [0.3, 0.4) is 0 Å². The lowest BCUT2D eigenvalue weighted by Crippen LogP contribution is -2.44. The predicted octanol–water partition coefficient (Wildman–Crippen LogP) is 4.09. The molecule has 1 unspecified atom stereocenters. The molecule has 1 atom stereocenters. The summed E-state index contributed by atoms with van der Waals surface area (Å²) < 4.78 is 44.7. The van der Waals surface area contributed by atoms with Gasteiger partial charge in [0.15, 0.2) is 5.60 Å². The fourth-order valence-electron chi connectivity index (χ4n) is 1.96. The number of alkyl halides is 3. The van der Waals surface area contributed by atoms with Crippen molar-refractivity contribution in [3.8, 4) is 5.75 Å². The lowest BCUT2D eigenvalue weighted by atomic mass is 9.90. The van der Waals surface area contributed by atoms with Gasteiger partial charge in [0.2, 0.25) is 0 Å². The zero-order valence-electron chi connectivity index (χ0n) is 11.7. The Kier molecular flexibility index (Phi) is 4.97. The first-order chi connectivity index (χ1) is 10.7. The summed E-state index contributed by atoms with van der Waals surface area (Å²) in [5, 5.41) is 10.3. The second-order valence-corrected chi connectivity index (χ2v) is 5.27. The van der Waals surface area contributed by atoms with E-state index in [1.54, 1.807) is 18.2 Å². The van der Waals surface area contributed by atoms with Gasteiger partial charge in [-0.1, -0.05) is 41.9 Å². The number of carbonyl (C=O) groups excluding carboxylic acids is 1. The van der Waals surface area contributed by atoms with Gasteiger partial charge in [-0.2, -0.15) is 13.2 Å². The first-order valence-electron chi connectivity index (χ1n) is 6.53. The Morgan fingerprint density at radius 2 is 1.61 bits per heavy atom. The SMILES string of the molecule is O=C(CC(O)(c1ccc(Cl)cc1)C(F)(F)F)Oc1ccccc1. The van der Waals surface area contributed by atoms with E-state index in [0.717, 1.165) is 12.1 Å². The van der Waals surface area contributed by atoms with E-state index in [1.807, 2.05) is 0 Å². The lowest BCUT2D eigenvalue weighted by Gasteiger charge is -2.30. The summed E-state index contributed by atoms with van der Waals surface area (Å²) in [6.07, 6.45) is -6.33. The molecule has 122 valence electrons. The molecule has 0 heterocycles. The normalized spacial score (nSPS) is 14.1. The van der Waals surface area contributed by atoms with Crippen molar-refractivity contribution in [1.82, 2.24) is 0 Å². The number of benzene rings is 2. The van der Waals surface area contributed by atoms with Crippen LogP contribution in [-0.2, 0) is 10.4 Å². The standard InChI is InChI=1S/C16H12ClF3O3/c17-12-8-6-11(7-9-12)15(22,16(18,19)20)10-14(21)23-13-4-2-1-3-5-13/h1-9,22H,10H2. The fraction of sp³-hybridized carbons (Fsp3) is 0.188. The van der Waals surface area contributed by atoms with Crippen LogP contribution in [-0.4, -0.2) is 17.3 Å². The van der Waals surface area contributed by atoms with Crippen molar-refractivity contribution < 1.29 is 27.8 Å². The summed E-state index contributed by atoms with van der Waals surface area (Å²) in [5.74, 6) is -1.11. The van der Waals surface area contributed by atoms with Gasteiger partial charge in [-0.25, -0.2) is 0 Å². The minimum absolute atomic E-state index is 0.0955. The molecule has 2 aromatic rings. The predicted molar refractivity (Wildman–Crippen MR) is 78.1 cm³/mol. The summed E-state index contributed by atoms with van der Waals surface area (Å²) >= 11 is 5.63. The third-order valence-electron chi connectivity index (χ3n) is 3.17. The van der Waals surface area contributed by atoms with Gasteiger partial charge in [0, 0.05) is 5.02 Å². The number of hydrogen-bond donors (Lipinski definition) is 1. The van der Waals surface area contributed by atoms with E-state index >= 15 is 0 Å². The molecule has 0 saturated carbocycles. The number of hydrogen-bond acceptors (Lipinski definition) is 3. The number of carbonyl (C=O) groups is 1. The maximum absolute atomic E-state index is 13.3. The van der Waals surface area contributed by atoms with Crippen molar-refractivity contribution in [2.75, 3.05) is 0 Å². The first-order valence-corrected chi connectivity index (χ1v) is 6.91. The third kappa shape index (κ3) is 4.03. The molecule has 7 heteroatoms. The van der Waals surface area contributed by atoms with Crippen LogP contribution in [0.1, 0.15) is 12.0 Å². The van der Waals surface area contributed by atoms with Crippen molar-refractivity contribution in [3.63, 3.8) is 0 Å². The maximum Gasteiger partial charge on any atom is 0.422 e.